The highest BCUT2D eigenvalue weighted by Crippen LogP contribution is 1.91. The normalized spacial score (nSPS) is 11.8. The maximum atomic E-state index is 11.3. The molecule has 2 N–H and O–H groups in total. The summed E-state index contributed by atoms with van der Waals surface area (Å²) in [6.07, 6.45) is 4.06. The monoisotopic (exact) mass is 195 g/mol. The van der Waals surface area contributed by atoms with Gasteiger partial charge in [-0.3, -0.25) is 14.6 Å². The molecule has 0 bridgehead atoms. The molecule has 1 heterocycles. The van der Waals surface area contributed by atoms with Gasteiger partial charge in [0.2, 0.25) is 0 Å². The van der Waals surface area contributed by atoms with Gasteiger partial charge < -0.3 is 10.4 Å². The first-order valence-electron chi connectivity index (χ1n) is 3.91. The fourth-order valence-corrected chi connectivity index (χ4v) is 0.749. The molecule has 1 aromatic heterocycles. The van der Waals surface area contributed by atoms with Gasteiger partial charge in [-0.2, -0.15) is 0 Å². The van der Waals surface area contributed by atoms with Crippen molar-refractivity contribution < 1.29 is 14.7 Å². The number of carboxylic acids is 1. The van der Waals surface area contributed by atoms with Gasteiger partial charge in [-0.15, -0.1) is 0 Å². The Bertz CT molecular complexity index is 339. The fraction of sp³-hybridized carbons (Fsp3) is 0.250. The standard InChI is InChI=1S/C8H9N3O3/c1-5(8(13)14)11-7(12)6-4-9-2-3-10-6/h2-5H,1H3,(H,11,12)(H,13,14). The van der Waals surface area contributed by atoms with Gasteiger partial charge >= 0.3 is 5.97 Å². The molecule has 14 heavy (non-hydrogen) atoms. The number of carboxylic acid groups (broad SMARTS) is 1. The Labute approximate surface area is 80.0 Å². The first kappa shape index (κ1) is 10.1. The number of hydrogen-bond donors (Lipinski definition) is 2. The van der Waals surface area contributed by atoms with Crippen molar-refractivity contribution in [2.45, 2.75) is 13.0 Å². The minimum absolute atomic E-state index is 0.0978. The van der Waals surface area contributed by atoms with E-state index in [1.54, 1.807) is 0 Å². The Morgan fingerprint density at radius 2 is 2.21 bits per heavy atom. The van der Waals surface area contributed by atoms with E-state index in [1.807, 2.05) is 0 Å². The highest BCUT2D eigenvalue weighted by molar-refractivity contribution is 5.94. The Balaban J connectivity index is 2.64. The molecule has 1 rings (SSSR count). The average molecular weight is 195 g/mol. The molecule has 1 amide bonds. The van der Waals surface area contributed by atoms with Gasteiger partial charge in [-0.05, 0) is 6.92 Å². The van der Waals surface area contributed by atoms with Crippen molar-refractivity contribution in [3.63, 3.8) is 0 Å². The van der Waals surface area contributed by atoms with E-state index in [-0.39, 0.29) is 5.69 Å². The summed E-state index contributed by atoms with van der Waals surface area (Å²) < 4.78 is 0. The van der Waals surface area contributed by atoms with E-state index >= 15 is 0 Å². The zero-order chi connectivity index (χ0) is 10.6. The van der Waals surface area contributed by atoms with Crippen molar-refractivity contribution in [3.05, 3.63) is 24.3 Å². The number of carbonyl (C=O) groups is 2. The largest absolute Gasteiger partial charge is 0.480 e. The summed E-state index contributed by atoms with van der Waals surface area (Å²) in [5.41, 5.74) is 0.0978. The van der Waals surface area contributed by atoms with Gasteiger partial charge in [0, 0.05) is 12.4 Å². The Kier molecular flexibility index (Phi) is 3.11. The Hall–Kier alpha value is -1.98. The first-order chi connectivity index (χ1) is 6.61. The van der Waals surface area contributed by atoms with Gasteiger partial charge in [-0.25, -0.2) is 4.98 Å². The molecule has 0 aromatic carbocycles. The van der Waals surface area contributed by atoms with Gasteiger partial charge in [-0.1, -0.05) is 0 Å². The summed E-state index contributed by atoms with van der Waals surface area (Å²) in [6, 6.07) is -0.940. The molecule has 0 fully saturated rings. The number of nitrogens with zero attached hydrogens (tertiary/aromatic N) is 2. The topological polar surface area (TPSA) is 92.2 Å². The molecule has 0 aliphatic rings. The highest BCUT2D eigenvalue weighted by atomic mass is 16.4. The van der Waals surface area contributed by atoms with Crippen LogP contribution in [0.1, 0.15) is 17.4 Å². The quantitative estimate of drug-likeness (QED) is 0.689. The van der Waals surface area contributed by atoms with Crippen LogP contribution < -0.4 is 5.32 Å². The van der Waals surface area contributed by atoms with Crippen LogP contribution in [0, 0.1) is 0 Å². The number of aromatic nitrogens is 2. The summed E-state index contributed by atoms with van der Waals surface area (Å²) in [4.78, 5) is 29.1. The first-order valence-corrected chi connectivity index (χ1v) is 3.91. The summed E-state index contributed by atoms with van der Waals surface area (Å²) in [5.74, 6) is -1.64. The fourth-order valence-electron chi connectivity index (χ4n) is 0.749. The van der Waals surface area contributed by atoms with Crippen LogP contribution in [0.15, 0.2) is 18.6 Å². The number of nitrogens with one attached hydrogen (secondary N) is 1. The van der Waals surface area contributed by atoms with Gasteiger partial charge in [0.15, 0.2) is 0 Å². The molecule has 74 valence electrons. The predicted molar refractivity (Wildman–Crippen MR) is 46.6 cm³/mol. The van der Waals surface area contributed by atoms with Crippen molar-refractivity contribution in [1.29, 1.82) is 0 Å². The molecule has 0 aliphatic carbocycles. The van der Waals surface area contributed by atoms with E-state index < -0.39 is 17.9 Å². The Morgan fingerprint density at radius 1 is 1.50 bits per heavy atom. The maximum Gasteiger partial charge on any atom is 0.325 e. The highest BCUT2D eigenvalue weighted by Gasteiger charge is 2.15. The molecule has 0 aliphatic heterocycles. The molecule has 1 unspecified atom stereocenters. The van der Waals surface area contributed by atoms with E-state index in [0.717, 1.165) is 0 Å². The number of rotatable bonds is 3. The van der Waals surface area contributed by atoms with Gasteiger partial charge in [0.05, 0.1) is 6.20 Å². The van der Waals surface area contributed by atoms with Crippen LogP contribution in [0.25, 0.3) is 0 Å². The molecule has 6 heteroatoms. The van der Waals surface area contributed by atoms with Crippen molar-refractivity contribution in [2.75, 3.05) is 0 Å². The van der Waals surface area contributed by atoms with Crippen molar-refractivity contribution >= 4 is 11.9 Å². The van der Waals surface area contributed by atoms with Crippen molar-refractivity contribution in [1.82, 2.24) is 15.3 Å². The van der Waals surface area contributed by atoms with E-state index in [9.17, 15) is 9.59 Å². The number of aliphatic carboxylic acids is 1. The Morgan fingerprint density at radius 3 is 2.71 bits per heavy atom. The third-order valence-corrected chi connectivity index (χ3v) is 1.51. The average Bonchev–Trinajstić information content (AvgIpc) is 2.19. The second-order valence-electron chi connectivity index (χ2n) is 2.62. The number of carbonyl (C=O) groups excluding carboxylic acids is 1. The summed E-state index contributed by atoms with van der Waals surface area (Å²) >= 11 is 0. The molecule has 0 spiro atoms. The van der Waals surface area contributed by atoms with Crippen LogP contribution in [0.4, 0.5) is 0 Å². The van der Waals surface area contributed by atoms with Gasteiger partial charge in [0.25, 0.3) is 5.91 Å². The second kappa shape index (κ2) is 4.31. The summed E-state index contributed by atoms with van der Waals surface area (Å²) in [5, 5.41) is 10.8. The molecule has 6 nitrogen and oxygen atoms in total. The smallest absolute Gasteiger partial charge is 0.325 e. The van der Waals surface area contributed by atoms with Crippen molar-refractivity contribution in [3.8, 4) is 0 Å². The lowest BCUT2D eigenvalue weighted by Gasteiger charge is -2.07. The zero-order valence-corrected chi connectivity index (χ0v) is 7.47. The molecular weight excluding hydrogens is 186 g/mol. The van der Waals surface area contributed by atoms with E-state index in [2.05, 4.69) is 15.3 Å². The third-order valence-electron chi connectivity index (χ3n) is 1.51. The predicted octanol–water partition coefficient (Wildman–Crippen LogP) is -0.321. The molecular formula is C8H9N3O3. The third kappa shape index (κ3) is 2.51. The zero-order valence-electron chi connectivity index (χ0n) is 7.47. The molecule has 0 radical (unpaired) electrons. The van der Waals surface area contributed by atoms with Crippen molar-refractivity contribution in [2.24, 2.45) is 0 Å². The number of hydrogen-bond acceptors (Lipinski definition) is 4. The van der Waals surface area contributed by atoms with Crippen LogP contribution in [0.3, 0.4) is 0 Å². The van der Waals surface area contributed by atoms with E-state index in [0.29, 0.717) is 0 Å². The minimum atomic E-state index is -1.10. The van der Waals surface area contributed by atoms with Crippen LogP contribution in [-0.4, -0.2) is 33.0 Å². The lowest BCUT2D eigenvalue weighted by atomic mass is 10.3. The lowest BCUT2D eigenvalue weighted by Crippen LogP contribution is -2.38. The van der Waals surface area contributed by atoms with E-state index in [1.165, 1.54) is 25.5 Å². The lowest BCUT2D eigenvalue weighted by molar-refractivity contribution is -0.138. The van der Waals surface area contributed by atoms with Crippen LogP contribution in [0.5, 0.6) is 0 Å². The van der Waals surface area contributed by atoms with Gasteiger partial charge in [0.1, 0.15) is 11.7 Å². The molecule has 0 saturated heterocycles. The van der Waals surface area contributed by atoms with Crippen LogP contribution >= 0.6 is 0 Å². The maximum absolute atomic E-state index is 11.3. The van der Waals surface area contributed by atoms with Crippen LogP contribution in [0.2, 0.25) is 0 Å². The number of amides is 1. The van der Waals surface area contributed by atoms with E-state index in [4.69, 9.17) is 5.11 Å². The SMILES string of the molecule is CC(NC(=O)c1cnccn1)C(=O)O. The molecule has 0 saturated carbocycles. The summed E-state index contributed by atoms with van der Waals surface area (Å²) in [6.45, 7) is 1.37. The molecule has 1 atom stereocenters. The second-order valence-corrected chi connectivity index (χ2v) is 2.62. The minimum Gasteiger partial charge on any atom is -0.480 e. The molecule has 1 aromatic rings. The van der Waals surface area contributed by atoms with Crippen LogP contribution in [-0.2, 0) is 4.79 Å². The summed E-state index contributed by atoms with van der Waals surface area (Å²) in [7, 11) is 0.